The molecular weight excluding hydrogens is 436 g/mol. The molecule has 0 atom stereocenters. The van der Waals surface area contributed by atoms with Gasteiger partial charge in [-0.3, -0.25) is 10.1 Å². The van der Waals surface area contributed by atoms with Gasteiger partial charge in [0.1, 0.15) is 0 Å². The lowest BCUT2D eigenvalue weighted by atomic mass is 10.2. The zero-order valence-electron chi connectivity index (χ0n) is 17.6. The van der Waals surface area contributed by atoms with Gasteiger partial charge < -0.3 is 4.42 Å². The van der Waals surface area contributed by atoms with Gasteiger partial charge in [0.15, 0.2) is 0 Å². The standard InChI is InChI=1S/C21H26N4O4S2/c1-3-5-13-25(14-6-4-2)31(27,28)17-11-9-16(10-12-17)19(26)22-21-24-23-20(29-21)18-8-7-15-30-18/h7-12,15H,3-6,13-14H2,1-2H3,(H,22,24,26). The van der Waals surface area contributed by atoms with Crippen molar-refractivity contribution in [3.05, 3.63) is 47.3 Å². The second kappa shape index (κ2) is 10.7. The molecule has 0 spiro atoms. The largest absolute Gasteiger partial charge is 0.402 e. The molecule has 3 rings (SSSR count). The van der Waals surface area contributed by atoms with E-state index >= 15 is 0 Å². The Balaban J connectivity index is 1.70. The van der Waals surface area contributed by atoms with Crippen molar-refractivity contribution < 1.29 is 17.6 Å². The van der Waals surface area contributed by atoms with Crippen molar-refractivity contribution in [2.75, 3.05) is 18.4 Å². The highest BCUT2D eigenvalue weighted by atomic mass is 32.2. The number of anilines is 1. The first-order valence-electron chi connectivity index (χ1n) is 10.2. The maximum atomic E-state index is 13.0. The van der Waals surface area contributed by atoms with E-state index in [1.54, 1.807) is 0 Å². The van der Waals surface area contributed by atoms with Gasteiger partial charge in [-0.15, -0.1) is 16.4 Å². The van der Waals surface area contributed by atoms with Crippen molar-refractivity contribution in [2.24, 2.45) is 0 Å². The van der Waals surface area contributed by atoms with Gasteiger partial charge in [-0.2, -0.15) is 4.31 Å². The Morgan fingerprint density at radius 1 is 1.06 bits per heavy atom. The lowest BCUT2D eigenvalue weighted by Crippen LogP contribution is -2.33. The molecule has 8 nitrogen and oxygen atoms in total. The number of hydrogen-bond donors (Lipinski definition) is 1. The number of aromatic nitrogens is 2. The Morgan fingerprint density at radius 3 is 2.32 bits per heavy atom. The second-order valence-electron chi connectivity index (χ2n) is 6.98. The smallest absolute Gasteiger partial charge is 0.322 e. The van der Waals surface area contributed by atoms with Gasteiger partial charge in [-0.25, -0.2) is 8.42 Å². The lowest BCUT2D eigenvalue weighted by molar-refractivity contribution is 0.102. The van der Waals surface area contributed by atoms with E-state index in [1.165, 1.54) is 39.9 Å². The highest BCUT2D eigenvalue weighted by Gasteiger charge is 2.24. The predicted molar refractivity (Wildman–Crippen MR) is 121 cm³/mol. The van der Waals surface area contributed by atoms with Gasteiger partial charge in [0.2, 0.25) is 10.0 Å². The van der Waals surface area contributed by atoms with Crippen LogP contribution in [0, 0.1) is 0 Å². The summed E-state index contributed by atoms with van der Waals surface area (Å²) >= 11 is 1.45. The van der Waals surface area contributed by atoms with Crippen molar-refractivity contribution in [1.29, 1.82) is 0 Å². The summed E-state index contributed by atoms with van der Waals surface area (Å²) in [7, 11) is -3.61. The van der Waals surface area contributed by atoms with Crippen LogP contribution in [0.1, 0.15) is 49.9 Å². The Morgan fingerprint density at radius 2 is 1.74 bits per heavy atom. The number of benzene rings is 1. The van der Waals surface area contributed by atoms with Crippen LogP contribution in [0.2, 0.25) is 0 Å². The van der Waals surface area contributed by atoms with E-state index in [2.05, 4.69) is 15.5 Å². The SMILES string of the molecule is CCCCN(CCCC)S(=O)(=O)c1ccc(C(=O)Nc2nnc(-c3cccs3)o2)cc1. The average molecular weight is 463 g/mol. The van der Waals surface area contributed by atoms with Crippen LogP contribution in [0.5, 0.6) is 0 Å². The van der Waals surface area contributed by atoms with E-state index in [-0.39, 0.29) is 10.9 Å². The van der Waals surface area contributed by atoms with E-state index in [1.807, 2.05) is 31.4 Å². The third kappa shape index (κ3) is 5.78. The number of nitrogens with one attached hydrogen (secondary N) is 1. The minimum atomic E-state index is -3.61. The molecular formula is C21H26N4O4S2. The molecule has 1 amide bonds. The van der Waals surface area contributed by atoms with Crippen LogP contribution in [0.4, 0.5) is 6.01 Å². The molecule has 2 aromatic heterocycles. The highest BCUT2D eigenvalue weighted by Crippen LogP contribution is 2.24. The molecule has 0 aliphatic carbocycles. The summed E-state index contributed by atoms with van der Waals surface area (Å²) in [4.78, 5) is 13.5. The third-order valence-corrected chi connectivity index (χ3v) is 7.42. The summed E-state index contributed by atoms with van der Waals surface area (Å²) in [5.41, 5.74) is 0.295. The summed E-state index contributed by atoms with van der Waals surface area (Å²) in [6.45, 7) is 5.05. The van der Waals surface area contributed by atoms with Crippen molar-refractivity contribution in [1.82, 2.24) is 14.5 Å². The molecule has 0 unspecified atom stereocenters. The topological polar surface area (TPSA) is 105 Å². The average Bonchev–Trinajstić information content (AvgIpc) is 3.46. The molecule has 0 bridgehead atoms. The van der Waals surface area contributed by atoms with Crippen molar-refractivity contribution >= 4 is 33.3 Å². The molecule has 0 saturated carbocycles. The van der Waals surface area contributed by atoms with Gasteiger partial charge in [-0.1, -0.05) is 37.9 Å². The summed E-state index contributed by atoms with van der Waals surface area (Å²) in [5.74, 6) is -0.134. The molecule has 2 heterocycles. The van der Waals surface area contributed by atoms with Gasteiger partial charge in [0.05, 0.1) is 9.77 Å². The number of rotatable bonds is 11. The number of thiophene rings is 1. The maximum absolute atomic E-state index is 13.0. The normalized spacial score (nSPS) is 11.7. The molecule has 1 aromatic carbocycles. The van der Waals surface area contributed by atoms with Crippen LogP contribution in [0.25, 0.3) is 10.8 Å². The summed E-state index contributed by atoms with van der Waals surface area (Å²) in [5, 5.41) is 12.2. The quantitative estimate of drug-likeness (QED) is 0.445. The maximum Gasteiger partial charge on any atom is 0.322 e. The number of unbranched alkanes of at least 4 members (excludes halogenated alkanes) is 2. The first-order valence-corrected chi connectivity index (χ1v) is 12.6. The predicted octanol–water partition coefficient (Wildman–Crippen LogP) is 4.64. The number of sulfonamides is 1. The van der Waals surface area contributed by atoms with Crippen LogP contribution >= 0.6 is 11.3 Å². The van der Waals surface area contributed by atoms with E-state index in [0.29, 0.717) is 24.5 Å². The van der Waals surface area contributed by atoms with Crippen molar-refractivity contribution in [3.8, 4) is 10.8 Å². The molecule has 31 heavy (non-hydrogen) atoms. The zero-order valence-corrected chi connectivity index (χ0v) is 19.2. The Bertz CT molecular complexity index is 1070. The molecule has 166 valence electrons. The Labute approximate surface area is 186 Å². The van der Waals surface area contributed by atoms with Gasteiger partial charge in [-0.05, 0) is 48.6 Å². The van der Waals surface area contributed by atoms with E-state index < -0.39 is 15.9 Å². The molecule has 0 radical (unpaired) electrons. The van der Waals surface area contributed by atoms with Gasteiger partial charge >= 0.3 is 6.01 Å². The highest BCUT2D eigenvalue weighted by molar-refractivity contribution is 7.89. The Kier molecular flexibility index (Phi) is 7.94. The van der Waals surface area contributed by atoms with Crippen LogP contribution in [-0.4, -0.2) is 41.9 Å². The van der Waals surface area contributed by atoms with Crippen LogP contribution in [-0.2, 0) is 10.0 Å². The fourth-order valence-electron chi connectivity index (χ4n) is 2.89. The molecule has 3 aromatic rings. The van der Waals surface area contributed by atoms with Crippen molar-refractivity contribution in [3.63, 3.8) is 0 Å². The monoisotopic (exact) mass is 462 g/mol. The first kappa shape index (κ1) is 23.1. The number of nitrogens with zero attached hydrogens (tertiary/aromatic N) is 3. The number of carbonyl (C=O) groups excluding carboxylic acids is 1. The van der Waals surface area contributed by atoms with Gasteiger partial charge in [0, 0.05) is 18.7 Å². The minimum Gasteiger partial charge on any atom is -0.402 e. The van der Waals surface area contributed by atoms with E-state index in [0.717, 1.165) is 30.6 Å². The molecule has 0 aliphatic rings. The molecule has 0 fully saturated rings. The number of carbonyl (C=O) groups is 1. The fraction of sp³-hybridized carbons (Fsp3) is 0.381. The zero-order chi connectivity index (χ0) is 22.3. The fourth-order valence-corrected chi connectivity index (χ4v) is 5.05. The third-order valence-electron chi connectivity index (χ3n) is 4.65. The van der Waals surface area contributed by atoms with Crippen LogP contribution in [0.3, 0.4) is 0 Å². The Hall–Kier alpha value is -2.56. The summed E-state index contributed by atoms with van der Waals surface area (Å²) in [6.07, 6.45) is 3.45. The molecule has 1 N–H and O–H groups in total. The summed E-state index contributed by atoms with van der Waals surface area (Å²) in [6, 6.07) is 9.57. The van der Waals surface area contributed by atoms with Crippen LogP contribution in [0.15, 0.2) is 51.1 Å². The summed E-state index contributed by atoms with van der Waals surface area (Å²) < 4.78 is 33.0. The van der Waals surface area contributed by atoms with Gasteiger partial charge in [0.25, 0.3) is 11.8 Å². The number of amides is 1. The molecule has 0 aliphatic heterocycles. The molecule has 0 saturated heterocycles. The van der Waals surface area contributed by atoms with E-state index in [9.17, 15) is 13.2 Å². The lowest BCUT2D eigenvalue weighted by Gasteiger charge is -2.22. The second-order valence-corrected chi connectivity index (χ2v) is 9.86. The van der Waals surface area contributed by atoms with Crippen molar-refractivity contribution in [2.45, 2.75) is 44.4 Å². The minimum absolute atomic E-state index is 0.0181. The van der Waals surface area contributed by atoms with E-state index in [4.69, 9.17) is 4.42 Å². The molecule has 10 heteroatoms. The number of hydrogen-bond acceptors (Lipinski definition) is 7. The van der Waals surface area contributed by atoms with Crippen LogP contribution < -0.4 is 5.32 Å². The first-order chi connectivity index (χ1) is 15.0.